The summed E-state index contributed by atoms with van der Waals surface area (Å²) < 4.78 is 78.7. The van der Waals surface area contributed by atoms with Gasteiger partial charge < -0.3 is 15.3 Å². The quantitative estimate of drug-likeness (QED) is 0.428. The molecule has 1 atom stereocenters. The predicted octanol–water partition coefficient (Wildman–Crippen LogP) is 6.48. The molecule has 0 saturated heterocycles. The molecule has 178 valence electrons. The van der Waals surface area contributed by atoms with Gasteiger partial charge in [-0.25, -0.2) is 4.79 Å². The van der Waals surface area contributed by atoms with Crippen molar-refractivity contribution in [2.24, 2.45) is 0 Å². The number of fused-ring (bicyclic) bond motifs is 1. The van der Waals surface area contributed by atoms with Gasteiger partial charge in [-0.3, -0.25) is 4.79 Å². The number of halogens is 7. The zero-order valence-corrected chi connectivity index (χ0v) is 18.3. The van der Waals surface area contributed by atoms with Crippen molar-refractivity contribution in [2.75, 3.05) is 11.9 Å². The van der Waals surface area contributed by atoms with Gasteiger partial charge in [0, 0.05) is 23.1 Å². The molecular weight excluding hydrogens is 522 g/mol. The molecule has 0 aliphatic heterocycles. The van der Waals surface area contributed by atoms with Crippen LogP contribution in [0, 0.1) is 0 Å². The van der Waals surface area contributed by atoms with Crippen LogP contribution in [0.1, 0.15) is 41.1 Å². The van der Waals surface area contributed by atoms with E-state index in [0.29, 0.717) is 25.0 Å². The van der Waals surface area contributed by atoms with Gasteiger partial charge in [0.15, 0.2) is 0 Å². The Bertz CT molecular complexity index is 1040. The highest BCUT2D eigenvalue weighted by Gasteiger charge is 2.37. The zero-order chi connectivity index (χ0) is 24.6. The molecular formula is C21H17BrF6N2O3. The van der Waals surface area contributed by atoms with E-state index in [1.807, 2.05) is 11.4 Å². The van der Waals surface area contributed by atoms with Gasteiger partial charge in [-0.05, 0) is 54.3 Å². The molecule has 0 spiro atoms. The zero-order valence-electron chi connectivity index (χ0n) is 16.7. The summed E-state index contributed by atoms with van der Waals surface area (Å²) in [4.78, 5) is 25.1. The lowest BCUT2D eigenvalue weighted by Gasteiger charge is -2.27. The van der Waals surface area contributed by atoms with Crippen LogP contribution in [0.2, 0.25) is 0 Å². The lowest BCUT2D eigenvalue weighted by atomic mass is 10.1. The number of hydrogen-bond donors (Lipinski definition) is 2. The second-order valence-electron chi connectivity index (χ2n) is 7.47. The second-order valence-corrected chi connectivity index (χ2v) is 8.38. The van der Waals surface area contributed by atoms with Gasteiger partial charge in [-0.2, -0.15) is 26.3 Å². The third-order valence-corrected chi connectivity index (χ3v) is 5.72. The SMILES string of the molecule is O=C(CCN(C(=O)O)C1CCc2cc(Br)ccc21)Nc1cc(C(F)(F)F)cc(C(F)(F)F)c1. The highest BCUT2D eigenvalue weighted by Crippen LogP contribution is 2.39. The molecule has 0 bridgehead atoms. The number of nitrogens with one attached hydrogen (secondary N) is 1. The number of carboxylic acid groups (broad SMARTS) is 1. The predicted molar refractivity (Wildman–Crippen MR) is 110 cm³/mol. The fraction of sp³-hybridized carbons (Fsp3) is 0.333. The topological polar surface area (TPSA) is 69.6 Å². The lowest BCUT2D eigenvalue weighted by molar-refractivity contribution is -0.143. The van der Waals surface area contributed by atoms with E-state index in [0.717, 1.165) is 20.5 Å². The molecule has 0 aromatic heterocycles. The molecule has 0 radical (unpaired) electrons. The van der Waals surface area contributed by atoms with E-state index in [4.69, 9.17) is 0 Å². The van der Waals surface area contributed by atoms with Gasteiger partial charge in [0.05, 0.1) is 17.2 Å². The number of alkyl halides is 6. The summed E-state index contributed by atoms with van der Waals surface area (Å²) in [6.07, 6.45) is -10.7. The Hall–Kier alpha value is -2.76. The van der Waals surface area contributed by atoms with Crippen LogP contribution in [0.3, 0.4) is 0 Å². The van der Waals surface area contributed by atoms with Crippen molar-refractivity contribution in [2.45, 2.75) is 37.7 Å². The number of carbonyl (C=O) groups is 2. The van der Waals surface area contributed by atoms with Crippen LogP contribution in [0.15, 0.2) is 40.9 Å². The molecule has 33 heavy (non-hydrogen) atoms. The van der Waals surface area contributed by atoms with Crippen LogP contribution in [0.5, 0.6) is 0 Å². The number of hydrogen-bond acceptors (Lipinski definition) is 2. The van der Waals surface area contributed by atoms with Gasteiger partial charge in [0.2, 0.25) is 5.91 Å². The first-order valence-electron chi connectivity index (χ1n) is 9.63. The molecule has 2 amide bonds. The Labute approximate surface area is 192 Å². The van der Waals surface area contributed by atoms with E-state index >= 15 is 0 Å². The van der Waals surface area contributed by atoms with Crippen molar-refractivity contribution in [1.29, 1.82) is 0 Å². The van der Waals surface area contributed by atoms with Gasteiger partial charge in [-0.1, -0.05) is 22.0 Å². The van der Waals surface area contributed by atoms with E-state index < -0.39 is 53.6 Å². The van der Waals surface area contributed by atoms with Crippen molar-refractivity contribution in [1.82, 2.24) is 4.90 Å². The standard InChI is InChI=1S/C21H17BrF6N2O3/c22-14-2-3-16-11(7-14)1-4-17(16)30(19(32)33)6-5-18(31)29-15-9-12(20(23,24)25)8-13(10-15)21(26,27)28/h2-3,7-10,17H,1,4-6H2,(H,29,31)(H,32,33). The maximum absolute atomic E-state index is 13.0. The molecule has 1 aliphatic carbocycles. The Morgan fingerprint density at radius 1 is 1.03 bits per heavy atom. The summed E-state index contributed by atoms with van der Waals surface area (Å²) in [5, 5.41) is 11.6. The fourth-order valence-electron chi connectivity index (χ4n) is 3.74. The van der Waals surface area contributed by atoms with Crippen LogP contribution in [-0.2, 0) is 23.6 Å². The highest BCUT2D eigenvalue weighted by molar-refractivity contribution is 9.10. The smallest absolute Gasteiger partial charge is 0.416 e. The maximum Gasteiger partial charge on any atom is 0.416 e. The Balaban J connectivity index is 1.74. The molecule has 0 heterocycles. The van der Waals surface area contributed by atoms with Crippen LogP contribution < -0.4 is 5.32 Å². The minimum atomic E-state index is -5.05. The summed E-state index contributed by atoms with van der Waals surface area (Å²) in [6.45, 7) is -0.285. The third-order valence-electron chi connectivity index (χ3n) is 5.22. The summed E-state index contributed by atoms with van der Waals surface area (Å²) in [7, 11) is 0. The average Bonchev–Trinajstić information content (AvgIpc) is 3.09. The molecule has 2 aromatic carbocycles. The summed E-state index contributed by atoms with van der Waals surface area (Å²) >= 11 is 3.34. The van der Waals surface area contributed by atoms with Gasteiger partial charge in [0.1, 0.15) is 0 Å². The molecule has 0 fully saturated rings. The van der Waals surface area contributed by atoms with Crippen molar-refractivity contribution >= 4 is 33.6 Å². The number of rotatable bonds is 5. The first-order valence-corrected chi connectivity index (χ1v) is 10.4. The molecule has 0 saturated carbocycles. The van der Waals surface area contributed by atoms with E-state index in [1.165, 1.54) is 0 Å². The maximum atomic E-state index is 13.0. The Morgan fingerprint density at radius 3 is 2.18 bits per heavy atom. The fourth-order valence-corrected chi connectivity index (χ4v) is 4.15. The highest BCUT2D eigenvalue weighted by atomic mass is 79.9. The number of aryl methyl sites for hydroxylation is 1. The van der Waals surface area contributed by atoms with Gasteiger partial charge in [0.25, 0.3) is 0 Å². The third kappa shape index (κ3) is 5.98. The molecule has 1 unspecified atom stereocenters. The first-order chi connectivity index (χ1) is 15.3. The van der Waals surface area contributed by atoms with E-state index in [-0.39, 0.29) is 12.6 Å². The van der Waals surface area contributed by atoms with Crippen LogP contribution in [0.25, 0.3) is 0 Å². The van der Waals surface area contributed by atoms with E-state index in [2.05, 4.69) is 15.9 Å². The minimum Gasteiger partial charge on any atom is -0.465 e. The van der Waals surface area contributed by atoms with E-state index in [1.54, 1.807) is 12.1 Å². The number of nitrogens with zero attached hydrogens (tertiary/aromatic N) is 1. The number of benzene rings is 2. The van der Waals surface area contributed by atoms with Crippen LogP contribution in [-0.4, -0.2) is 28.6 Å². The van der Waals surface area contributed by atoms with Crippen molar-refractivity contribution in [3.05, 3.63) is 63.1 Å². The lowest BCUT2D eigenvalue weighted by Crippen LogP contribution is -2.35. The largest absolute Gasteiger partial charge is 0.465 e. The summed E-state index contributed by atoms with van der Waals surface area (Å²) in [5.74, 6) is -0.914. The minimum absolute atomic E-state index is 0.0439. The molecule has 12 heteroatoms. The van der Waals surface area contributed by atoms with Crippen LogP contribution in [0.4, 0.5) is 36.8 Å². The Morgan fingerprint density at radius 2 is 1.64 bits per heavy atom. The number of carbonyl (C=O) groups excluding carboxylic acids is 1. The van der Waals surface area contributed by atoms with Crippen molar-refractivity contribution < 1.29 is 41.0 Å². The normalized spacial score (nSPS) is 15.8. The monoisotopic (exact) mass is 538 g/mol. The summed E-state index contributed by atoms with van der Waals surface area (Å²) in [6, 6.07) is 5.64. The first kappa shape index (κ1) is 24.9. The van der Waals surface area contributed by atoms with Crippen molar-refractivity contribution in [3.63, 3.8) is 0 Å². The Kier molecular flexibility index (Phi) is 6.96. The molecule has 1 aliphatic rings. The second kappa shape index (κ2) is 9.24. The molecule has 2 N–H and O–H groups in total. The van der Waals surface area contributed by atoms with E-state index in [9.17, 15) is 41.0 Å². The van der Waals surface area contributed by atoms with Crippen LogP contribution >= 0.6 is 15.9 Å². The molecule has 3 rings (SSSR count). The number of anilines is 1. The molecule has 2 aromatic rings. The van der Waals surface area contributed by atoms with Gasteiger partial charge >= 0.3 is 18.4 Å². The average molecular weight is 539 g/mol. The van der Waals surface area contributed by atoms with Gasteiger partial charge in [-0.15, -0.1) is 0 Å². The summed E-state index contributed by atoms with van der Waals surface area (Å²) in [5.41, 5.74) is -2.07. The number of amides is 2. The molecule has 5 nitrogen and oxygen atoms in total. The van der Waals surface area contributed by atoms with Crippen molar-refractivity contribution in [3.8, 4) is 0 Å².